The Morgan fingerprint density at radius 3 is 2.17 bits per heavy atom. The van der Waals surface area contributed by atoms with Crippen molar-refractivity contribution in [2.45, 2.75) is 30.3 Å². The van der Waals surface area contributed by atoms with Crippen molar-refractivity contribution in [1.82, 2.24) is 4.90 Å². The molecule has 0 unspecified atom stereocenters. The third-order valence-corrected chi connectivity index (χ3v) is 8.70. The largest absolute Gasteiger partial charge is 0.508 e. The fourth-order valence-corrected chi connectivity index (χ4v) is 6.11. The van der Waals surface area contributed by atoms with E-state index < -0.39 is 26.7 Å². The first-order valence-corrected chi connectivity index (χ1v) is 15.0. The molecule has 0 spiro atoms. The quantitative estimate of drug-likeness (QED) is 0.207. The van der Waals surface area contributed by atoms with Gasteiger partial charge in [-0.3, -0.25) is 4.90 Å². The van der Waals surface area contributed by atoms with Crippen molar-refractivity contribution in [2.75, 3.05) is 32.0 Å². The molecule has 1 heterocycles. The smallest absolute Gasteiger partial charge is 0.403 e. The highest BCUT2D eigenvalue weighted by Crippen LogP contribution is 2.41. The monoisotopic (exact) mass is 621 g/mol. The molecule has 0 bridgehead atoms. The summed E-state index contributed by atoms with van der Waals surface area (Å²) >= 11 is 0. The molecule has 6 nitrogen and oxygen atoms in total. The van der Waals surface area contributed by atoms with Gasteiger partial charge in [0, 0.05) is 17.5 Å². The highest BCUT2D eigenvalue weighted by atomic mass is 35.5. The molecule has 1 saturated heterocycles. The van der Waals surface area contributed by atoms with Crippen LogP contribution >= 0.6 is 12.4 Å². The number of rotatable bonds is 9. The van der Waals surface area contributed by atoms with Crippen LogP contribution < -0.4 is 9.47 Å². The lowest BCUT2D eigenvalue weighted by Crippen LogP contribution is -2.33. The Kier molecular flexibility index (Phi) is 9.91. The van der Waals surface area contributed by atoms with Crippen molar-refractivity contribution in [3.63, 3.8) is 0 Å². The number of aromatic hydroxyl groups is 1. The Labute approximate surface area is 249 Å². The molecule has 0 aliphatic carbocycles. The molecular weight excluding hydrogens is 591 g/mol. The van der Waals surface area contributed by atoms with Crippen LogP contribution in [-0.4, -0.2) is 56.6 Å². The predicted molar refractivity (Wildman–Crippen MR) is 159 cm³/mol. The van der Waals surface area contributed by atoms with Gasteiger partial charge in [0.05, 0.1) is 4.90 Å². The first-order chi connectivity index (χ1) is 19.6. The topological polar surface area (TPSA) is 76.1 Å². The number of likely N-dealkylation sites (tertiary alicyclic amines) is 1. The number of phenolic OH excluding ortho intramolecular Hbond substituents is 1. The van der Waals surface area contributed by atoms with Crippen LogP contribution in [0.5, 0.6) is 23.0 Å². The van der Waals surface area contributed by atoms with Crippen molar-refractivity contribution in [2.24, 2.45) is 0 Å². The van der Waals surface area contributed by atoms with Crippen molar-refractivity contribution >= 4 is 33.0 Å². The van der Waals surface area contributed by atoms with Crippen LogP contribution in [0, 0.1) is 0 Å². The van der Waals surface area contributed by atoms with E-state index >= 15 is 0 Å². The van der Waals surface area contributed by atoms with Crippen LogP contribution in [0.2, 0.25) is 0 Å². The summed E-state index contributed by atoms with van der Waals surface area (Å²) < 4.78 is 74.9. The molecule has 0 radical (unpaired) electrons. The highest BCUT2D eigenvalue weighted by molar-refractivity contribution is 7.91. The lowest BCUT2D eigenvalue weighted by atomic mass is 9.99. The summed E-state index contributed by atoms with van der Waals surface area (Å²) in [7, 11) is -4.53. The lowest BCUT2D eigenvalue weighted by Gasteiger charge is -2.26. The molecular formula is C31H31ClF3NO5S. The summed E-state index contributed by atoms with van der Waals surface area (Å²) in [5, 5.41) is 11.4. The number of halogens is 4. The number of hydrogen-bond donors (Lipinski definition) is 1. The number of benzene rings is 4. The van der Waals surface area contributed by atoms with Crippen LogP contribution in [0.3, 0.4) is 0 Å². The molecule has 42 heavy (non-hydrogen) atoms. The Bertz CT molecular complexity index is 1610. The van der Waals surface area contributed by atoms with E-state index in [1.165, 1.54) is 37.5 Å². The zero-order chi connectivity index (χ0) is 29.0. The minimum atomic E-state index is -4.84. The Morgan fingerprint density at radius 1 is 0.833 bits per heavy atom. The van der Waals surface area contributed by atoms with Gasteiger partial charge in [0.15, 0.2) is 15.6 Å². The van der Waals surface area contributed by atoms with E-state index in [0.29, 0.717) is 45.8 Å². The second-order valence-electron chi connectivity index (χ2n) is 10.1. The molecule has 0 saturated carbocycles. The highest BCUT2D eigenvalue weighted by Gasteiger charge is 2.36. The van der Waals surface area contributed by atoms with Crippen LogP contribution in [0.4, 0.5) is 13.2 Å². The molecule has 0 aromatic heterocycles. The summed E-state index contributed by atoms with van der Waals surface area (Å²) in [5.74, 6) is -0.146. The van der Waals surface area contributed by atoms with E-state index in [2.05, 4.69) is 4.90 Å². The second kappa shape index (κ2) is 13.2. The number of nitrogens with zero attached hydrogens (tertiary/aromatic N) is 1. The van der Waals surface area contributed by atoms with E-state index in [1.807, 2.05) is 12.1 Å². The van der Waals surface area contributed by atoms with Gasteiger partial charge < -0.3 is 14.6 Å². The van der Waals surface area contributed by atoms with Gasteiger partial charge in [0.25, 0.3) is 0 Å². The van der Waals surface area contributed by atoms with Gasteiger partial charge in [0.1, 0.15) is 29.6 Å². The maximum Gasteiger partial charge on any atom is 0.403 e. The van der Waals surface area contributed by atoms with Crippen molar-refractivity contribution < 1.29 is 36.2 Å². The van der Waals surface area contributed by atoms with Crippen LogP contribution in [-0.2, 0) is 9.84 Å². The SMILES string of the molecule is Cl.O=S(=O)(CC(F)(F)F)c1ccc(-c2ccc3cc(O)ccc3c2Oc2ccc(OCCN3CCCCC3)cc2)cc1. The number of fused-ring (bicyclic) bond motifs is 1. The van der Waals surface area contributed by atoms with Gasteiger partial charge in [-0.2, -0.15) is 13.2 Å². The minimum Gasteiger partial charge on any atom is -0.508 e. The zero-order valence-corrected chi connectivity index (χ0v) is 24.3. The summed E-state index contributed by atoms with van der Waals surface area (Å²) in [5.41, 5.74) is 1.16. The van der Waals surface area contributed by atoms with Gasteiger partial charge in [0.2, 0.25) is 0 Å². The molecule has 4 aromatic carbocycles. The van der Waals surface area contributed by atoms with Crippen LogP contribution in [0.25, 0.3) is 21.9 Å². The lowest BCUT2D eigenvalue weighted by molar-refractivity contribution is -0.106. The Balaban J connectivity index is 0.00000405. The normalized spacial score (nSPS) is 14.4. The molecule has 1 aliphatic rings. The minimum absolute atomic E-state index is 0. The zero-order valence-electron chi connectivity index (χ0n) is 22.6. The average molecular weight is 622 g/mol. The summed E-state index contributed by atoms with van der Waals surface area (Å²) in [6, 6.07) is 20.8. The van der Waals surface area contributed by atoms with E-state index in [0.717, 1.165) is 31.8 Å². The molecule has 1 aliphatic heterocycles. The van der Waals surface area contributed by atoms with Gasteiger partial charge in [-0.25, -0.2) is 8.42 Å². The molecule has 0 atom stereocenters. The molecule has 0 amide bonds. The number of hydrogen-bond acceptors (Lipinski definition) is 6. The molecule has 224 valence electrons. The van der Waals surface area contributed by atoms with Crippen molar-refractivity contribution in [1.29, 1.82) is 0 Å². The standard InChI is InChI=1S/C31H30F3NO5S.ClH/c32-31(33,34)21-41(37,38)27-12-4-22(5-13-27)28-14-6-23-20-24(36)7-15-29(23)30(28)40-26-10-8-25(9-11-26)39-19-18-35-16-2-1-3-17-35;/h4-15,20,36H,1-3,16-19,21H2;1H. The maximum absolute atomic E-state index is 12.8. The Morgan fingerprint density at radius 2 is 1.50 bits per heavy atom. The number of ether oxygens (including phenoxy) is 2. The first-order valence-electron chi connectivity index (χ1n) is 13.4. The van der Waals surface area contributed by atoms with Gasteiger partial charge in [-0.1, -0.05) is 24.6 Å². The van der Waals surface area contributed by atoms with Crippen LogP contribution in [0.15, 0.2) is 83.8 Å². The average Bonchev–Trinajstić information content (AvgIpc) is 2.93. The van der Waals surface area contributed by atoms with Crippen LogP contribution in [0.1, 0.15) is 19.3 Å². The van der Waals surface area contributed by atoms with Crippen molar-refractivity contribution in [3.05, 3.63) is 78.9 Å². The second-order valence-corrected chi connectivity index (χ2v) is 12.1. The number of piperidine rings is 1. The molecule has 5 rings (SSSR count). The van der Waals surface area contributed by atoms with Gasteiger partial charge in [-0.05, 0) is 97.5 Å². The fraction of sp³-hybridized carbons (Fsp3) is 0.290. The summed E-state index contributed by atoms with van der Waals surface area (Å²) in [4.78, 5) is 1.99. The molecule has 4 aromatic rings. The van der Waals surface area contributed by atoms with Crippen molar-refractivity contribution in [3.8, 4) is 34.1 Å². The summed E-state index contributed by atoms with van der Waals surface area (Å²) in [6.45, 7) is 3.67. The molecule has 1 N–H and O–H groups in total. The third kappa shape index (κ3) is 7.87. The van der Waals surface area contributed by atoms with E-state index in [1.54, 1.807) is 36.4 Å². The number of sulfone groups is 1. The first kappa shape index (κ1) is 31.5. The summed E-state index contributed by atoms with van der Waals surface area (Å²) in [6.07, 6.45) is -1.10. The van der Waals surface area contributed by atoms with E-state index in [9.17, 15) is 26.7 Å². The van der Waals surface area contributed by atoms with E-state index in [4.69, 9.17) is 9.47 Å². The third-order valence-electron chi connectivity index (χ3n) is 7.00. The predicted octanol–water partition coefficient (Wildman–Crippen LogP) is 7.63. The number of alkyl halides is 3. The molecule has 1 fully saturated rings. The maximum atomic E-state index is 12.8. The Hall–Kier alpha value is -3.47. The molecule has 11 heteroatoms. The van der Waals surface area contributed by atoms with Gasteiger partial charge >= 0.3 is 6.18 Å². The van der Waals surface area contributed by atoms with Gasteiger partial charge in [-0.15, -0.1) is 12.4 Å². The fourth-order valence-electron chi connectivity index (χ4n) is 4.96. The van der Waals surface area contributed by atoms with E-state index in [-0.39, 0.29) is 18.2 Å². The number of phenols is 1.